The van der Waals surface area contributed by atoms with Crippen molar-refractivity contribution in [1.29, 1.82) is 0 Å². The Balaban J connectivity index is 1.48. The van der Waals surface area contributed by atoms with Crippen molar-refractivity contribution in [3.05, 3.63) is 0 Å². The van der Waals surface area contributed by atoms with Gasteiger partial charge in [0.25, 0.3) is 0 Å². The molecule has 0 aromatic carbocycles. The molecule has 1 N–H and O–H groups in total. The molecule has 0 aromatic rings. The third-order valence-electron chi connectivity index (χ3n) is 11.0. The van der Waals surface area contributed by atoms with Crippen LogP contribution in [0.25, 0.3) is 0 Å². The highest BCUT2D eigenvalue weighted by Crippen LogP contribution is 2.68. The molecule has 3 heteroatoms. The van der Waals surface area contributed by atoms with Crippen LogP contribution < -0.4 is 0 Å². The lowest BCUT2D eigenvalue weighted by Gasteiger charge is -2.61. The Morgan fingerprint density at radius 1 is 0.967 bits per heavy atom. The second-order valence-corrected chi connectivity index (χ2v) is 12.7. The van der Waals surface area contributed by atoms with Gasteiger partial charge in [-0.15, -0.1) is 0 Å². The van der Waals surface area contributed by atoms with Crippen LogP contribution in [-0.2, 0) is 4.79 Å². The lowest BCUT2D eigenvalue weighted by Crippen LogP contribution is -2.54. The lowest BCUT2D eigenvalue weighted by molar-refractivity contribution is -0.135. The van der Waals surface area contributed by atoms with E-state index in [-0.39, 0.29) is 17.9 Å². The first-order valence-electron chi connectivity index (χ1n) is 13.0. The SMILES string of the molecule is CC(C[C@@H](C)[C@H]1CC[C@H]2[C@@H]3CCC4C[C@@H](O)CC[C@]4(C)[C@H]3CC[C@]12C)C(=O)N(C)C. The summed E-state index contributed by atoms with van der Waals surface area (Å²) in [6.45, 7) is 9.78. The minimum Gasteiger partial charge on any atom is -0.393 e. The molecule has 4 rings (SSSR count). The van der Waals surface area contributed by atoms with E-state index < -0.39 is 0 Å². The average molecular weight is 418 g/mol. The Morgan fingerprint density at radius 3 is 2.33 bits per heavy atom. The molecule has 3 nitrogen and oxygen atoms in total. The van der Waals surface area contributed by atoms with E-state index >= 15 is 0 Å². The minimum atomic E-state index is -0.0444. The summed E-state index contributed by atoms with van der Waals surface area (Å²) in [7, 11) is 3.78. The van der Waals surface area contributed by atoms with Crippen LogP contribution in [0.5, 0.6) is 0 Å². The Hall–Kier alpha value is -0.570. The molecule has 0 spiro atoms. The number of nitrogens with zero attached hydrogens (tertiary/aromatic N) is 1. The van der Waals surface area contributed by atoms with Gasteiger partial charge in [-0.2, -0.15) is 0 Å². The van der Waals surface area contributed by atoms with Crippen molar-refractivity contribution in [3.8, 4) is 0 Å². The quantitative estimate of drug-likeness (QED) is 0.632. The van der Waals surface area contributed by atoms with E-state index in [0.29, 0.717) is 16.7 Å². The minimum absolute atomic E-state index is 0.0444. The van der Waals surface area contributed by atoms with Crippen molar-refractivity contribution in [2.24, 2.45) is 52.3 Å². The molecule has 2 unspecified atom stereocenters. The molecule has 0 saturated heterocycles. The summed E-state index contributed by atoms with van der Waals surface area (Å²) >= 11 is 0. The van der Waals surface area contributed by atoms with Crippen molar-refractivity contribution in [2.75, 3.05) is 14.1 Å². The van der Waals surface area contributed by atoms with E-state index in [1.165, 1.54) is 44.9 Å². The summed E-state index contributed by atoms with van der Waals surface area (Å²) in [5.74, 6) is 5.25. The fourth-order valence-corrected chi connectivity index (χ4v) is 9.47. The van der Waals surface area contributed by atoms with Crippen LogP contribution in [0.15, 0.2) is 0 Å². The topological polar surface area (TPSA) is 40.5 Å². The average Bonchev–Trinajstić information content (AvgIpc) is 3.05. The highest BCUT2D eigenvalue weighted by atomic mass is 16.3. The van der Waals surface area contributed by atoms with E-state index in [0.717, 1.165) is 48.9 Å². The molecule has 30 heavy (non-hydrogen) atoms. The molecule has 0 radical (unpaired) electrons. The number of fused-ring (bicyclic) bond motifs is 5. The fourth-order valence-electron chi connectivity index (χ4n) is 9.47. The van der Waals surface area contributed by atoms with Crippen LogP contribution in [0, 0.1) is 52.3 Å². The number of aliphatic hydroxyl groups is 1. The van der Waals surface area contributed by atoms with Crippen molar-refractivity contribution < 1.29 is 9.90 Å². The van der Waals surface area contributed by atoms with E-state index in [9.17, 15) is 9.90 Å². The lowest BCUT2D eigenvalue weighted by atomic mass is 9.44. The van der Waals surface area contributed by atoms with Gasteiger partial charge in [0, 0.05) is 20.0 Å². The third kappa shape index (κ3) is 3.55. The smallest absolute Gasteiger partial charge is 0.224 e. The maximum absolute atomic E-state index is 12.4. The van der Waals surface area contributed by atoms with Crippen LogP contribution in [0.4, 0.5) is 0 Å². The van der Waals surface area contributed by atoms with E-state index in [2.05, 4.69) is 27.7 Å². The first kappa shape index (κ1) is 22.6. The van der Waals surface area contributed by atoms with Crippen LogP contribution in [0.2, 0.25) is 0 Å². The van der Waals surface area contributed by atoms with E-state index in [1.54, 1.807) is 4.90 Å². The van der Waals surface area contributed by atoms with Crippen molar-refractivity contribution in [3.63, 3.8) is 0 Å². The van der Waals surface area contributed by atoms with Gasteiger partial charge in [-0.1, -0.05) is 27.7 Å². The highest BCUT2D eigenvalue weighted by molar-refractivity contribution is 5.77. The number of carbonyl (C=O) groups excluding carboxylic acids is 1. The molecule has 172 valence electrons. The summed E-state index contributed by atoms with van der Waals surface area (Å²) < 4.78 is 0. The van der Waals surface area contributed by atoms with Gasteiger partial charge in [0.05, 0.1) is 6.10 Å². The van der Waals surface area contributed by atoms with Crippen molar-refractivity contribution in [2.45, 2.75) is 98.0 Å². The van der Waals surface area contributed by atoms with Gasteiger partial charge in [0.15, 0.2) is 0 Å². The summed E-state index contributed by atoms with van der Waals surface area (Å²) in [4.78, 5) is 14.2. The molecule has 4 fully saturated rings. The molecule has 0 aromatic heterocycles. The predicted octanol–water partition coefficient (Wildman–Crippen LogP) is 5.76. The second-order valence-electron chi connectivity index (χ2n) is 12.7. The zero-order valence-electron chi connectivity index (χ0n) is 20.5. The molecule has 4 aliphatic rings. The van der Waals surface area contributed by atoms with Crippen LogP contribution in [-0.4, -0.2) is 36.1 Å². The zero-order chi connectivity index (χ0) is 21.8. The first-order valence-corrected chi connectivity index (χ1v) is 13.0. The monoisotopic (exact) mass is 417 g/mol. The molecule has 10 atom stereocenters. The number of hydrogen-bond donors (Lipinski definition) is 1. The maximum atomic E-state index is 12.4. The second kappa shape index (κ2) is 8.09. The predicted molar refractivity (Wildman–Crippen MR) is 123 cm³/mol. The number of carbonyl (C=O) groups is 1. The van der Waals surface area contributed by atoms with Gasteiger partial charge in [0.1, 0.15) is 0 Å². The molecule has 4 aliphatic carbocycles. The Morgan fingerprint density at radius 2 is 1.63 bits per heavy atom. The number of aliphatic hydroxyl groups excluding tert-OH is 1. The van der Waals surface area contributed by atoms with E-state index in [4.69, 9.17) is 0 Å². The van der Waals surface area contributed by atoms with Gasteiger partial charge in [-0.25, -0.2) is 0 Å². The Kier molecular flexibility index (Phi) is 6.10. The van der Waals surface area contributed by atoms with Crippen LogP contribution >= 0.6 is 0 Å². The number of rotatable bonds is 4. The molecule has 1 amide bonds. The summed E-state index contributed by atoms with van der Waals surface area (Å²) in [6, 6.07) is 0. The molecule has 0 heterocycles. The first-order chi connectivity index (χ1) is 14.1. The molecular formula is C27H47NO2. The van der Waals surface area contributed by atoms with Gasteiger partial charge >= 0.3 is 0 Å². The van der Waals surface area contributed by atoms with Gasteiger partial charge < -0.3 is 10.0 Å². The van der Waals surface area contributed by atoms with Crippen LogP contribution in [0.1, 0.15) is 91.9 Å². The molecular weight excluding hydrogens is 370 g/mol. The molecule has 4 saturated carbocycles. The zero-order valence-corrected chi connectivity index (χ0v) is 20.5. The Labute approximate surface area is 185 Å². The summed E-state index contributed by atoms with van der Waals surface area (Å²) in [5, 5.41) is 10.3. The van der Waals surface area contributed by atoms with Gasteiger partial charge in [-0.05, 0) is 111 Å². The fraction of sp³-hybridized carbons (Fsp3) is 0.963. The van der Waals surface area contributed by atoms with Crippen molar-refractivity contribution >= 4 is 5.91 Å². The summed E-state index contributed by atoms with van der Waals surface area (Å²) in [5.41, 5.74) is 0.943. The normalized spacial score (nSPS) is 47.6. The van der Waals surface area contributed by atoms with Crippen molar-refractivity contribution in [1.82, 2.24) is 4.90 Å². The van der Waals surface area contributed by atoms with E-state index in [1.807, 2.05) is 14.1 Å². The third-order valence-corrected chi connectivity index (χ3v) is 11.0. The summed E-state index contributed by atoms with van der Waals surface area (Å²) in [6.07, 6.45) is 12.6. The van der Waals surface area contributed by atoms with Gasteiger partial charge in [0.2, 0.25) is 5.91 Å². The largest absolute Gasteiger partial charge is 0.393 e. The van der Waals surface area contributed by atoms with Gasteiger partial charge in [-0.3, -0.25) is 4.79 Å². The number of amides is 1. The highest BCUT2D eigenvalue weighted by Gasteiger charge is 2.60. The maximum Gasteiger partial charge on any atom is 0.224 e. The Bertz CT molecular complexity index is 647. The standard InChI is InChI=1S/C27H47NO2/c1-17(15-18(2)25(30)28(5)6)22-9-10-23-21-8-7-19-16-20(29)11-13-26(19,3)24(21)12-14-27(22,23)4/h17-24,29H,7-16H2,1-6H3/t17-,18?,19?,20+,21+,22-,23+,24+,26+,27-/m1/s1. The molecule has 0 bridgehead atoms. The number of hydrogen-bond acceptors (Lipinski definition) is 2. The van der Waals surface area contributed by atoms with Crippen LogP contribution in [0.3, 0.4) is 0 Å². The molecule has 0 aliphatic heterocycles.